The van der Waals surface area contributed by atoms with E-state index in [0.717, 1.165) is 38.1 Å². The number of nitrogens with one attached hydrogen (secondary N) is 1. The second-order valence-corrected chi connectivity index (χ2v) is 7.19. The van der Waals surface area contributed by atoms with Crippen LogP contribution in [0.4, 0.5) is 4.39 Å². The molecule has 2 aliphatic heterocycles. The van der Waals surface area contributed by atoms with Gasteiger partial charge in [-0.1, -0.05) is 12.1 Å². The van der Waals surface area contributed by atoms with Crippen molar-refractivity contribution >= 4 is 5.91 Å². The lowest BCUT2D eigenvalue weighted by atomic mass is 10.0. The minimum atomic E-state index is -0.221. The van der Waals surface area contributed by atoms with Crippen molar-refractivity contribution in [1.82, 2.24) is 14.8 Å². The molecule has 3 heterocycles. The molecule has 2 aliphatic rings. The summed E-state index contributed by atoms with van der Waals surface area (Å²) in [7, 11) is 1.87. The van der Waals surface area contributed by atoms with E-state index in [4.69, 9.17) is 4.74 Å². The van der Waals surface area contributed by atoms with Crippen LogP contribution in [0.5, 0.6) is 0 Å². The maximum Gasteiger partial charge on any atom is 0.268 e. The minimum Gasteiger partial charge on any atom is -0.374 e. The number of carbonyl (C=O) groups excluding carboxylic acids is 1. The molecule has 0 spiro atoms. The monoisotopic (exact) mass is 357 g/mol. The highest BCUT2D eigenvalue weighted by atomic mass is 19.1. The fraction of sp³-hybridized carbons (Fsp3) is 0.450. The number of ether oxygens (including phenoxy) is 1. The van der Waals surface area contributed by atoms with E-state index in [-0.39, 0.29) is 29.9 Å². The quantitative estimate of drug-likeness (QED) is 0.914. The molecule has 1 N–H and O–H groups in total. The van der Waals surface area contributed by atoms with Crippen LogP contribution >= 0.6 is 0 Å². The molecule has 2 saturated heterocycles. The lowest BCUT2D eigenvalue weighted by Crippen LogP contribution is -2.47. The Morgan fingerprint density at radius 2 is 2.12 bits per heavy atom. The van der Waals surface area contributed by atoms with Gasteiger partial charge in [-0.25, -0.2) is 4.39 Å². The zero-order valence-corrected chi connectivity index (χ0v) is 14.9. The van der Waals surface area contributed by atoms with Gasteiger partial charge < -0.3 is 14.6 Å². The topological polar surface area (TPSA) is 46.5 Å². The van der Waals surface area contributed by atoms with Gasteiger partial charge in [-0.2, -0.15) is 0 Å². The third-order valence-corrected chi connectivity index (χ3v) is 5.42. The molecule has 0 unspecified atom stereocenters. The van der Waals surface area contributed by atoms with Crippen LogP contribution in [0.25, 0.3) is 0 Å². The van der Waals surface area contributed by atoms with Crippen molar-refractivity contribution in [1.29, 1.82) is 0 Å². The van der Waals surface area contributed by atoms with Crippen LogP contribution in [-0.2, 0) is 18.3 Å². The van der Waals surface area contributed by atoms with E-state index in [1.165, 1.54) is 12.1 Å². The Labute approximate surface area is 152 Å². The van der Waals surface area contributed by atoms with Crippen molar-refractivity contribution < 1.29 is 13.9 Å². The zero-order valence-electron chi connectivity index (χ0n) is 14.9. The fourth-order valence-corrected chi connectivity index (χ4v) is 4.13. The second-order valence-electron chi connectivity index (χ2n) is 7.19. The lowest BCUT2D eigenvalue weighted by molar-refractivity contribution is -0.0211. The number of likely N-dealkylation sites (tertiary alicyclic amines) is 1. The normalized spacial score (nSPS) is 25.8. The van der Waals surface area contributed by atoms with E-state index < -0.39 is 0 Å². The molecule has 1 aromatic heterocycles. The summed E-state index contributed by atoms with van der Waals surface area (Å²) in [6.07, 6.45) is 3.96. The van der Waals surface area contributed by atoms with E-state index in [0.29, 0.717) is 5.69 Å². The molecule has 0 aliphatic carbocycles. The lowest BCUT2D eigenvalue weighted by Gasteiger charge is -2.32. The van der Waals surface area contributed by atoms with Gasteiger partial charge in [-0.15, -0.1) is 0 Å². The molecule has 26 heavy (non-hydrogen) atoms. The van der Waals surface area contributed by atoms with Gasteiger partial charge in [0.15, 0.2) is 0 Å². The number of hydrogen-bond donors (Lipinski definition) is 1. The van der Waals surface area contributed by atoms with Crippen LogP contribution in [-0.4, -0.2) is 46.7 Å². The van der Waals surface area contributed by atoms with Gasteiger partial charge in [-0.05, 0) is 42.7 Å². The maximum absolute atomic E-state index is 13.2. The average molecular weight is 357 g/mol. The number of nitrogens with zero attached hydrogens (tertiary/aromatic N) is 2. The highest BCUT2D eigenvalue weighted by Gasteiger charge is 2.44. The van der Waals surface area contributed by atoms with Crippen LogP contribution in [0.1, 0.15) is 28.9 Å². The van der Waals surface area contributed by atoms with Gasteiger partial charge in [-0.3, -0.25) is 9.69 Å². The Morgan fingerprint density at radius 3 is 2.85 bits per heavy atom. The maximum atomic E-state index is 13.2. The predicted octanol–water partition coefficient (Wildman–Crippen LogP) is 2.33. The molecule has 0 bridgehead atoms. The van der Waals surface area contributed by atoms with Crippen LogP contribution in [0.2, 0.25) is 0 Å². The number of benzene rings is 1. The van der Waals surface area contributed by atoms with Crippen molar-refractivity contribution in [2.24, 2.45) is 7.05 Å². The SMILES string of the molecule is Cn1cccc1C(=O)N[C@@H]1CN(Cc2ccc(F)cc2)[C@@H]2CCCO[C@@H]21. The number of hydrogen-bond acceptors (Lipinski definition) is 3. The van der Waals surface area contributed by atoms with E-state index >= 15 is 0 Å². The van der Waals surface area contributed by atoms with Crippen LogP contribution < -0.4 is 5.32 Å². The number of rotatable bonds is 4. The zero-order chi connectivity index (χ0) is 18.1. The largest absolute Gasteiger partial charge is 0.374 e. The summed E-state index contributed by atoms with van der Waals surface area (Å²) in [6, 6.07) is 10.6. The van der Waals surface area contributed by atoms with E-state index in [1.807, 2.05) is 42.1 Å². The van der Waals surface area contributed by atoms with E-state index in [2.05, 4.69) is 10.2 Å². The first-order valence-corrected chi connectivity index (χ1v) is 9.14. The summed E-state index contributed by atoms with van der Waals surface area (Å²) in [5, 5.41) is 3.16. The highest BCUT2D eigenvalue weighted by Crippen LogP contribution is 2.30. The van der Waals surface area contributed by atoms with E-state index in [1.54, 1.807) is 0 Å². The third kappa shape index (κ3) is 3.39. The molecule has 2 fully saturated rings. The summed E-state index contributed by atoms with van der Waals surface area (Å²) in [4.78, 5) is 15.0. The summed E-state index contributed by atoms with van der Waals surface area (Å²) < 4.78 is 21.0. The van der Waals surface area contributed by atoms with Crippen LogP contribution in [0.3, 0.4) is 0 Å². The number of aryl methyl sites for hydroxylation is 1. The summed E-state index contributed by atoms with van der Waals surface area (Å²) >= 11 is 0. The second kappa shape index (κ2) is 7.21. The molecule has 4 rings (SSSR count). The predicted molar refractivity (Wildman–Crippen MR) is 96.2 cm³/mol. The number of fused-ring (bicyclic) bond motifs is 1. The van der Waals surface area contributed by atoms with Gasteiger partial charge >= 0.3 is 0 Å². The first kappa shape index (κ1) is 17.2. The van der Waals surface area contributed by atoms with Crippen LogP contribution in [0, 0.1) is 5.82 Å². The number of amides is 1. The van der Waals surface area contributed by atoms with Crippen molar-refractivity contribution in [3.05, 3.63) is 59.7 Å². The Hall–Kier alpha value is -2.18. The molecule has 0 saturated carbocycles. The van der Waals surface area contributed by atoms with Crippen LogP contribution in [0.15, 0.2) is 42.6 Å². The molecule has 1 aromatic carbocycles. The van der Waals surface area contributed by atoms with Gasteiger partial charge in [0.05, 0.1) is 12.1 Å². The molecule has 138 valence electrons. The molecule has 2 aromatic rings. The van der Waals surface area contributed by atoms with Gasteiger partial charge in [0.2, 0.25) is 0 Å². The summed E-state index contributed by atoms with van der Waals surface area (Å²) in [6.45, 7) is 2.21. The first-order chi connectivity index (χ1) is 12.6. The van der Waals surface area contributed by atoms with E-state index in [9.17, 15) is 9.18 Å². The molecule has 6 heteroatoms. The Bertz CT molecular complexity index is 774. The van der Waals surface area contributed by atoms with Crippen molar-refractivity contribution in [3.63, 3.8) is 0 Å². The molecular weight excluding hydrogens is 333 g/mol. The minimum absolute atomic E-state index is 0.00779. The first-order valence-electron chi connectivity index (χ1n) is 9.14. The summed E-state index contributed by atoms with van der Waals surface area (Å²) in [5.74, 6) is -0.291. The standard InChI is InChI=1S/C20H24FN3O2/c1-23-10-2-4-18(23)20(25)22-16-13-24(17-5-3-11-26-19(16)17)12-14-6-8-15(21)9-7-14/h2,4,6-10,16-17,19H,3,5,11-13H2,1H3,(H,22,25)/t16-,17-,19-/m1/s1. The molecule has 0 radical (unpaired) electrons. The third-order valence-electron chi connectivity index (χ3n) is 5.42. The van der Waals surface area contributed by atoms with Crippen molar-refractivity contribution in [2.45, 2.75) is 37.6 Å². The Morgan fingerprint density at radius 1 is 1.31 bits per heavy atom. The summed E-state index contributed by atoms with van der Waals surface area (Å²) in [5.41, 5.74) is 1.72. The average Bonchev–Trinajstić information content (AvgIpc) is 3.22. The highest BCUT2D eigenvalue weighted by molar-refractivity contribution is 5.93. The molecule has 5 nitrogen and oxygen atoms in total. The Balaban J connectivity index is 1.48. The number of carbonyl (C=O) groups is 1. The number of aromatic nitrogens is 1. The molecular formula is C20H24FN3O2. The molecule has 1 amide bonds. The smallest absolute Gasteiger partial charge is 0.268 e. The van der Waals surface area contributed by atoms with Gasteiger partial charge in [0.25, 0.3) is 5.91 Å². The van der Waals surface area contributed by atoms with Crippen molar-refractivity contribution in [3.8, 4) is 0 Å². The molecule has 3 atom stereocenters. The number of halogens is 1. The van der Waals surface area contributed by atoms with Crippen molar-refractivity contribution in [2.75, 3.05) is 13.2 Å². The Kier molecular flexibility index (Phi) is 4.78. The van der Waals surface area contributed by atoms with Gasteiger partial charge in [0, 0.05) is 39.0 Å². The fourth-order valence-electron chi connectivity index (χ4n) is 4.13. The van der Waals surface area contributed by atoms with Gasteiger partial charge in [0.1, 0.15) is 11.5 Å².